The molecular formula is C19H20O2. The van der Waals surface area contributed by atoms with E-state index in [-0.39, 0.29) is 23.4 Å². The second-order valence-electron chi connectivity index (χ2n) is 5.44. The molecule has 2 heteroatoms. The molecule has 2 rings (SSSR count). The summed E-state index contributed by atoms with van der Waals surface area (Å²) in [5, 5.41) is 0. The number of benzene rings is 2. The van der Waals surface area contributed by atoms with Crippen molar-refractivity contribution >= 4 is 11.6 Å². The molecule has 0 saturated carbocycles. The van der Waals surface area contributed by atoms with Gasteiger partial charge in [0.05, 0.1) is 0 Å². The molecule has 0 N–H and O–H groups in total. The highest BCUT2D eigenvalue weighted by Crippen LogP contribution is 2.30. The first-order valence-corrected chi connectivity index (χ1v) is 7.23. The van der Waals surface area contributed by atoms with Crippen LogP contribution in [-0.2, 0) is 4.79 Å². The number of carbonyl (C=O) groups is 2. The largest absolute Gasteiger partial charge is 0.300 e. The Labute approximate surface area is 125 Å². The molecule has 2 aromatic rings. The first-order chi connectivity index (χ1) is 10.1. The van der Waals surface area contributed by atoms with Crippen molar-refractivity contribution < 1.29 is 9.59 Å². The van der Waals surface area contributed by atoms with E-state index in [0.29, 0.717) is 12.0 Å². The zero-order valence-electron chi connectivity index (χ0n) is 12.5. The van der Waals surface area contributed by atoms with E-state index in [2.05, 4.69) is 0 Å². The fourth-order valence-electron chi connectivity index (χ4n) is 2.64. The van der Waals surface area contributed by atoms with Crippen molar-refractivity contribution in [1.82, 2.24) is 0 Å². The Morgan fingerprint density at radius 2 is 1.43 bits per heavy atom. The molecule has 0 radical (unpaired) electrons. The summed E-state index contributed by atoms with van der Waals surface area (Å²) in [6.45, 7) is 3.49. The van der Waals surface area contributed by atoms with E-state index in [9.17, 15) is 9.59 Å². The van der Waals surface area contributed by atoms with Crippen molar-refractivity contribution in [2.45, 2.75) is 26.2 Å². The topological polar surface area (TPSA) is 34.1 Å². The van der Waals surface area contributed by atoms with Crippen LogP contribution in [0.1, 0.15) is 42.1 Å². The quantitative estimate of drug-likeness (QED) is 0.741. The third-order valence-corrected chi connectivity index (χ3v) is 3.81. The average Bonchev–Trinajstić information content (AvgIpc) is 2.53. The van der Waals surface area contributed by atoms with Crippen LogP contribution >= 0.6 is 0 Å². The van der Waals surface area contributed by atoms with E-state index in [1.807, 2.05) is 67.6 Å². The molecule has 108 valence electrons. The van der Waals surface area contributed by atoms with Gasteiger partial charge in [-0.25, -0.2) is 0 Å². The first-order valence-electron chi connectivity index (χ1n) is 7.23. The Morgan fingerprint density at radius 3 is 1.95 bits per heavy atom. The van der Waals surface area contributed by atoms with Crippen LogP contribution in [0.15, 0.2) is 60.7 Å². The highest BCUT2D eigenvalue weighted by Gasteiger charge is 2.27. The number of carbonyl (C=O) groups excluding carboxylic acids is 2. The van der Waals surface area contributed by atoms with Gasteiger partial charge in [0.2, 0.25) is 0 Å². The molecule has 0 aliphatic rings. The Morgan fingerprint density at radius 1 is 0.905 bits per heavy atom. The summed E-state index contributed by atoms with van der Waals surface area (Å²) in [5.74, 6) is -0.0997. The van der Waals surface area contributed by atoms with Crippen LogP contribution in [-0.4, -0.2) is 11.6 Å². The third-order valence-electron chi connectivity index (χ3n) is 3.81. The van der Waals surface area contributed by atoms with Crippen LogP contribution in [0.5, 0.6) is 0 Å². The summed E-state index contributed by atoms with van der Waals surface area (Å²) in [7, 11) is 0. The molecule has 2 atom stereocenters. The van der Waals surface area contributed by atoms with E-state index >= 15 is 0 Å². The minimum Gasteiger partial charge on any atom is -0.300 e. The van der Waals surface area contributed by atoms with Crippen LogP contribution in [0.4, 0.5) is 0 Å². The van der Waals surface area contributed by atoms with Gasteiger partial charge in [0.25, 0.3) is 0 Å². The van der Waals surface area contributed by atoms with Gasteiger partial charge in [-0.2, -0.15) is 0 Å². The third kappa shape index (κ3) is 3.88. The molecule has 0 fully saturated rings. The molecule has 0 aliphatic heterocycles. The van der Waals surface area contributed by atoms with Crippen LogP contribution in [0.2, 0.25) is 0 Å². The first kappa shape index (κ1) is 15.2. The van der Waals surface area contributed by atoms with Crippen LogP contribution in [0, 0.1) is 5.92 Å². The van der Waals surface area contributed by atoms with Gasteiger partial charge in [0, 0.05) is 23.8 Å². The highest BCUT2D eigenvalue weighted by molar-refractivity contribution is 5.98. The van der Waals surface area contributed by atoms with Gasteiger partial charge in [-0.05, 0) is 12.5 Å². The van der Waals surface area contributed by atoms with E-state index in [1.54, 1.807) is 6.92 Å². The maximum Gasteiger partial charge on any atom is 0.166 e. The van der Waals surface area contributed by atoms with Crippen molar-refractivity contribution in [2.75, 3.05) is 0 Å². The van der Waals surface area contributed by atoms with Crippen molar-refractivity contribution in [3.63, 3.8) is 0 Å². The normalized spacial score (nSPS) is 13.4. The van der Waals surface area contributed by atoms with Crippen LogP contribution in [0.3, 0.4) is 0 Å². The lowest BCUT2D eigenvalue weighted by molar-refractivity contribution is -0.117. The van der Waals surface area contributed by atoms with Gasteiger partial charge in [-0.1, -0.05) is 67.6 Å². The molecule has 0 amide bonds. The summed E-state index contributed by atoms with van der Waals surface area (Å²) in [6, 6.07) is 19.1. The van der Waals surface area contributed by atoms with Crippen molar-refractivity contribution in [1.29, 1.82) is 0 Å². The average molecular weight is 280 g/mol. The maximum atomic E-state index is 12.6. The van der Waals surface area contributed by atoms with Crippen molar-refractivity contribution in [3.05, 3.63) is 71.8 Å². The second kappa shape index (κ2) is 6.98. The van der Waals surface area contributed by atoms with Gasteiger partial charge >= 0.3 is 0 Å². The summed E-state index contributed by atoms with van der Waals surface area (Å²) in [4.78, 5) is 24.2. The molecular weight excluding hydrogens is 260 g/mol. The molecule has 0 heterocycles. The summed E-state index contributed by atoms with van der Waals surface area (Å²) < 4.78 is 0. The lowest BCUT2D eigenvalue weighted by atomic mass is 9.80. The van der Waals surface area contributed by atoms with Crippen LogP contribution < -0.4 is 0 Å². The van der Waals surface area contributed by atoms with Gasteiger partial charge in [0.15, 0.2) is 5.78 Å². The van der Waals surface area contributed by atoms with Gasteiger partial charge in [-0.3, -0.25) is 4.79 Å². The van der Waals surface area contributed by atoms with E-state index in [0.717, 1.165) is 5.56 Å². The summed E-state index contributed by atoms with van der Waals surface area (Å²) >= 11 is 0. The molecule has 0 bridgehead atoms. The molecule has 2 aromatic carbocycles. The Balaban J connectivity index is 2.28. The summed E-state index contributed by atoms with van der Waals surface area (Å²) in [6.07, 6.45) is 0.393. The van der Waals surface area contributed by atoms with Gasteiger partial charge < -0.3 is 4.79 Å². The predicted octanol–water partition coefficient (Wildman–Crippen LogP) is 4.27. The fourth-order valence-corrected chi connectivity index (χ4v) is 2.64. The molecule has 21 heavy (non-hydrogen) atoms. The number of ketones is 2. The molecule has 0 aromatic heterocycles. The molecule has 0 aliphatic carbocycles. The van der Waals surface area contributed by atoms with Crippen molar-refractivity contribution in [2.24, 2.45) is 5.92 Å². The SMILES string of the molecule is CC(=O)C[C@@H](c1ccccc1)[C@H](C)C(=O)c1ccccc1. The fraction of sp³-hybridized carbons (Fsp3) is 0.263. The Kier molecular flexibility index (Phi) is 5.04. The van der Waals surface area contributed by atoms with E-state index < -0.39 is 0 Å². The molecule has 2 nitrogen and oxygen atoms in total. The van der Waals surface area contributed by atoms with Crippen LogP contribution in [0.25, 0.3) is 0 Å². The van der Waals surface area contributed by atoms with E-state index in [4.69, 9.17) is 0 Å². The smallest absolute Gasteiger partial charge is 0.166 e. The van der Waals surface area contributed by atoms with Gasteiger partial charge in [-0.15, -0.1) is 0 Å². The molecule has 0 saturated heterocycles. The number of hydrogen-bond donors (Lipinski definition) is 0. The molecule has 0 spiro atoms. The maximum absolute atomic E-state index is 12.6. The zero-order valence-corrected chi connectivity index (χ0v) is 12.5. The van der Waals surface area contributed by atoms with Gasteiger partial charge in [0.1, 0.15) is 5.78 Å². The number of hydrogen-bond acceptors (Lipinski definition) is 2. The standard InChI is InChI=1S/C19H20O2/c1-14(20)13-18(16-9-5-3-6-10-16)15(2)19(21)17-11-7-4-8-12-17/h3-12,15,18H,13H2,1-2H3/t15-,18+/m0/s1. The minimum absolute atomic E-state index is 0.0728. The monoisotopic (exact) mass is 280 g/mol. The lowest BCUT2D eigenvalue weighted by Crippen LogP contribution is -2.21. The van der Waals surface area contributed by atoms with E-state index in [1.165, 1.54) is 0 Å². The highest BCUT2D eigenvalue weighted by atomic mass is 16.1. The number of Topliss-reactive ketones (excluding diaryl/α,β-unsaturated/α-hetero) is 2. The Bertz CT molecular complexity index is 602. The molecule has 0 unspecified atom stereocenters. The Hall–Kier alpha value is -2.22. The predicted molar refractivity (Wildman–Crippen MR) is 84.4 cm³/mol. The number of rotatable bonds is 6. The summed E-state index contributed by atoms with van der Waals surface area (Å²) in [5.41, 5.74) is 1.75. The zero-order chi connectivity index (χ0) is 15.2. The minimum atomic E-state index is -0.223. The lowest BCUT2D eigenvalue weighted by Gasteiger charge is -2.22. The second-order valence-corrected chi connectivity index (χ2v) is 5.44. The van der Waals surface area contributed by atoms with Crippen molar-refractivity contribution in [3.8, 4) is 0 Å².